The molecule has 0 spiro atoms. The van der Waals surface area contributed by atoms with E-state index in [1.165, 1.54) is 0 Å². The smallest absolute Gasteiger partial charge is 0.153 e. The summed E-state index contributed by atoms with van der Waals surface area (Å²) in [4.78, 5) is 0. The summed E-state index contributed by atoms with van der Waals surface area (Å²) in [6.07, 6.45) is 5.78. The first-order valence-electron chi connectivity index (χ1n) is 6.09. The molecule has 0 aromatic carbocycles. The molecule has 15 heavy (non-hydrogen) atoms. The molecule has 0 aromatic rings. The monoisotopic (exact) mass is 233 g/mol. The van der Waals surface area contributed by atoms with Crippen LogP contribution in [0.4, 0.5) is 0 Å². The van der Waals surface area contributed by atoms with Crippen LogP contribution in [-0.2, 0) is 9.84 Å². The van der Waals surface area contributed by atoms with Crippen molar-refractivity contribution < 1.29 is 8.42 Å². The molecule has 1 aliphatic carbocycles. The van der Waals surface area contributed by atoms with E-state index < -0.39 is 9.84 Å². The van der Waals surface area contributed by atoms with Crippen LogP contribution >= 0.6 is 0 Å². The highest BCUT2D eigenvalue weighted by atomic mass is 32.2. The van der Waals surface area contributed by atoms with Crippen molar-refractivity contribution in [2.75, 3.05) is 18.8 Å². The minimum absolute atomic E-state index is 0.0170. The van der Waals surface area contributed by atoms with Crippen molar-refractivity contribution in [2.45, 2.75) is 50.7 Å². The number of hydrogen-bond donors (Lipinski definition) is 1. The SMILES string of the molecule is CCNCCCCS(=O)(=O)C1CCCC1. The lowest BCUT2D eigenvalue weighted by molar-refractivity contribution is 0.572. The molecule has 1 rings (SSSR count). The Morgan fingerprint density at radius 2 is 1.87 bits per heavy atom. The lowest BCUT2D eigenvalue weighted by atomic mass is 10.3. The molecule has 1 N–H and O–H groups in total. The quantitative estimate of drug-likeness (QED) is 0.681. The standard InChI is InChI=1S/C11H23NO2S/c1-2-12-9-5-6-10-15(13,14)11-7-3-4-8-11/h11-12H,2-10H2,1H3. The van der Waals surface area contributed by atoms with Gasteiger partial charge < -0.3 is 5.32 Å². The van der Waals surface area contributed by atoms with E-state index in [1.54, 1.807) is 0 Å². The zero-order chi connectivity index (χ0) is 11.1. The van der Waals surface area contributed by atoms with Crippen LogP contribution in [0.1, 0.15) is 45.4 Å². The Morgan fingerprint density at radius 1 is 1.20 bits per heavy atom. The predicted molar refractivity (Wildman–Crippen MR) is 63.8 cm³/mol. The lowest BCUT2D eigenvalue weighted by Gasteiger charge is -2.10. The van der Waals surface area contributed by atoms with Crippen LogP contribution in [-0.4, -0.2) is 32.5 Å². The maximum Gasteiger partial charge on any atom is 0.153 e. The Balaban J connectivity index is 2.18. The first-order chi connectivity index (χ1) is 7.17. The molecule has 3 nitrogen and oxygen atoms in total. The summed E-state index contributed by atoms with van der Waals surface area (Å²) in [5.41, 5.74) is 0. The van der Waals surface area contributed by atoms with Crippen LogP contribution in [0.25, 0.3) is 0 Å². The van der Waals surface area contributed by atoms with Crippen molar-refractivity contribution in [3.8, 4) is 0 Å². The number of nitrogens with one attached hydrogen (secondary N) is 1. The Bertz CT molecular complexity index is 256. The Kier molecular flexibility index (Phi) is 5.61. The van der Waals surface area contributed by atoms with Crippen molar-refractivity contribution >= 4 is 9.84 Å². The minimum Gasteiger partial charge on any atom is -0.317 e. The van der Waals surface area contributed by atoms with Crippen molar-refractivity contribution in [3.63, 3.8) is 0 Å². The predicted octanol–water partition coefficient (Wildman–Crippen LogP) is 1.73. The molecule has 0 unspecified atom stereocenters. The van der Waals surface area contributed by atoms with Gasteiger partial charge in [0.25, 0.3) is 0 Å². The van der Waals surface area contributed by atoms with Gasteiger partial charge in [-0.2, -0.15) is 0 Å². The van der Waals surface area contributed by atoms with Crippen molar-refractivity contribution in [1.82, 2.24) is 5.32 Å². The zero-order valence-electron chi connectivity index (χ0n) is 9.67. The summed E-state index contributed by atoms with van der Waals surface area (Å²) < 4.78 is 23.7. The largest absolute Gasteiger partial charge is 0.317 e. The lowest BCUT2D eigenvalue weighted by Crippen LogP contribution is -2.22. The first-order valence-corrected chi connectivity index (χ1v) is 7.80. The van der Waals surface area contributed by atoms with E-state index in [0.717, 1.165) is 51.6 Å². The second-order valence-corrected chi connectivity index (χ2v) is 6.73. The maximum absolute atomic E-state index is 11.8. The average molecular weight is 233 g/mol. The molecule has 1 aliphatic rings. The van der Waals surface area contributed by atoms with E-state index in [0.29, 0.717) is 5.75 Å². The van der Waals surface area contributed by atoms with Crippen molar-refractivity contribution in [2.24, 2.45) is 0 Å². The molecule has 90 valence electrons. The highest BCUT2D eigenvalue weighted by Gasteiger charge is 2.27. The van der Waals surface area contributed by atoms with Crippen molar-refractivity contribution in [3.05, 3.63) is 0 Å². The van der Waals surface area contributed by atoms with Crippen LogP contribution in [0.15, 0.2) is 0 Å². The Labute approximate surface area is 93.6 Å². The normalized spacial score (nSPS) is 18.5. The molecule has 0 radical (unpaired) electrons. The van der Waals surface area contributed by atoms with Crippen LogP contribution in [0.5, 0.6) is 0 Å². The molecule has 0 bridgehead atoms. The van der Waals surface area contributed by atoms with Gasteiger partial charge in [0.2, 0.25) is 0 Å². The van der Waals surface area contributed by atoms with E-state index in [-0.39, 0.29) is 5.25 Å². The molecule has 0 heterocycles. The molecule has 1 saturated carbocycles. The summed E-state index contributed by atoms with van der Waals surface area (Å²) in [5.74, 6) is 0.392. The highest BCUT2D eigenvalue weighted by Crippen LogP contribution is 2.25. The van der Waals surface area contributed by atoms with Crippen LogP contribution in [0.2, 0.25) is 0 Å². The summed E-state index contributed by atoms with van der Waals surface area (Å²) in [5, 5.41) is 3.19. The zero-order valence-corrected chi connectivity index (χ0v) is 10.5. The summed E-state index contributed by atoms with van der Waals surface area (Å²) in [6.45, 7) is 3.97. The van der Waals surface area contributed by atoms with Gasteiger partial charge in [0.05, 0.1) is 11.0 Å². The van der Waals surface area contributed by atoms with Gasteiger partial charge in [0, 0.05) is 0 Å². The summed E-state index contributed by atoms with van der Waals surface area (Å²) in [7, 11) is -2.77. The average Bonchev–Trinajstić information content (AvgIpc) is 2.70. The molecule has 4 heteroatoms. The fraction of sp³-hybridized carbons (Fsp3) is 1.00. The van der Waals surface area contributed by atoms with E-state index in [2.05, 4.69) is 12.2 Å². The fourth-order valence-electron chi connectivity index (χ4n) is 2.14. The molecule has 0 amide bonds. The summed E-state index contributed by atoms with van der Waals surface area (Å²) in [6, 6.07) is 0. The van der Waals surface area contributed by atoms with E-state index in [9.17, 15) is 8.42 Å². The number of sulfone groups is 1. The first kappa shape index (κ1) is 13.0. The second kappa shape index (κ2) is 6.48. The maximum atomic E-state index is 11.8. The van der Waals surface area contributed by atoms with Crippen LogP contribution in [0, 0.1) is 0 Å². The van der Waals surface area contributed by atoms with E-state index >= 15 is 0 Å². The van der Waals surface area contributed by atoms with Gasteiger partial charge in [-0.15, -0.1) is 0 Å². The number of unbranched alkanes of at least 4 members (excludes halogenated alkanes) is 1. The van der Waals surface area contributed by atoms with E-state index in [1.807, 2.05) is 0 Å². The van der Waals surface area contributed by atoms with Gasteiger partial charge in [-0.25, -0.2) is 8.42 Å². The van der Waals surface area contributed by atoms with Gasteiger partial charge >= 0.3 is 0 Å². The second-order valence-electron chi connectivity index (χ2n) is 4.33. The molecular weight excluding hydrogens is 210 g/mol. The molecule has 0 saturated heterocycles. The van der Waals surface area contributed by atoms with Gasteiger partial charge in [-0.1, -0.05) is 19.8 Å². The highest BCUT2D eigenvalue weighted by molar-refractivity contribution is 7.92. The molecule has 0 aliphatic heterocycles. The number of hydrogen-bond acceptors (Lipinski definition) is 3. The molecule has 0 atom stereocenters. The van der Waals surface area contributed by atoms with Crippen LogP contribution in [0.3, 0.4) is 0 Å². The topological polar surface area (TPSA) is 46.2 Å². The molecule has 0 aromatic heterocycles. The third kappa shape index (κ3) is 4.51. The molecule has 1 fully saturated rings. The van der Waals surface area contributed by atoms with Gasteiger partial charge in [0.15, 0.2) is 9.84 Å². The number of rotatable bonds is 7. The van der Waals surface area contributed by atoms with Crippen LogP contribution < -0.4 is 5.32 Å². The van der Waals surface area contributed by atoms with Gasteiger partial charge in [-0.05, 0) is 38.8 Å². The molecular formula is C11H23NO2S. The third-order valence-electron chi connectivity index (χ3n) is 3.09. The fourth-order valence-corrected chi connectivity index (χ4v) is 4.14. The summed E-state index contributed by atoms with van der Waals surface area (Å²) >= 11 is 0. The van der Waals surface area contributed by atoms with Crippen molar-refractivity contribution in [1.29, 1.82) is 0 Å². The third-order valence-corrected chi connectivity index (χ3v) is 5.44. The van der Waals surface area contributed by atoms with Gasteiger partial charge in [-0.3, -0.25) is 0 Å². The Hall–Kier alpha value is -0.0900. The minimum atomic E-state index is -2.77. The Morgan fingerprint density at radius 3 is 2.47 bits per heavy atom. The van der Waals surface area contributed by atoms with E-state index in [4.69, 9.17) is 0 Å². The van der Waals surface area contributed by atoms with Gasteiger partial charge in [0.1, 0.15) is 0 Å².